The molecule has 0 bridgehead atoms. The molecule has 0 aromatic carbocycles. The van der Waals surface area contributed by atoms with Crippen molar-refractivity contribution in [3.05, 3.63) is 17.8 Å². The highest BCUT2D eigenvalue weighted by Gasteiger charge is 1.97. The second kappa shape index (κ2) is 4.52. The van der Waals surface area contributed by atoms with Crippen LogP contribution in [-0.2, 0) is 6.54 Å². The van der Waals surface area contributed by atoms with E-state index >= 15 is 0 Å². The maximum Gasteiger partial charge on any atom is 0.208 e. The molecule has 0 radical (unpaired) electrons. The van der Waals surface area contributed by atoms with Crippen LogP contribution in [0.5, 0.6) is 0 Å². The summed E-state index contributed by atoms with van der Waals surface area (Å²) in [4.78, 5) is 4.00. The van der Waals surface area contributed by atoms with E-state index in [1.807, 2.05) is 13.0 Å². The predicted molar refractivity (Wildman–Crippen MR) is 43.2 cm³/mol. The first-order valence-corrected chi connectivity index (χ1v) is 3.82. The van der Waals surface area contributed by atoms with Crippen molar-refractivity contribution in [2.45, 2.75) is 19.9 Å². The highest BCUT2D eigenvalue weighted by Crippen LogP contribution is 2.00. The molecule has 0 aliphatic carbocycles. The van der Waals surface area contributed by atoms with E-state index < -0.39 is 0 Å². The Kier molecular flexibility index (Phi) is 3.30. The average molecular weight is 165 g/mol. The first kappa shape index (κ1) is 8.75. The van der Waals surface area contributed by atoms with Crippen molar-refractivity contribution in [2.24, 2.45) is 0 Å². The minimum absolute atomic E-state index is 0.514. The van der Waals surface area contributed by atoms with Gasteiger partial charge in [0, 0.05) is 13.0 Å². The van der Waals surface area contributed by atoms with Crippen LogP contribution in [0.4, 0.5) is 0 Å². The zero-order valence-corrected chi connectivity index (χ0v) is 7.00. The van der Waals surface area contributed by atoms with Crippen LogP contribution in [0.3, 0.4) is 0 Å². The fourth-order valence-corrected chi connectivity index (χ4v) is 0.823. The molecule has 1 N–H and O–H groups in total. The molecule has 0 saturated heterocycles. The molecule has 0 aliphatic heterocycles. The lowest BCUT2D eigenvalue weighted by molar-refractivity contribution is 0.451. The van der Waals surface area contributed by atoms with Crippen LogP contribution in [0.2, 0.25) is 0 Å². The van der Waals surface area contributed by atoms with Gasteiger partial charge in [0.05, 0.1) is 18.8 Å². The zero-order valence-electron chi connectivity index (χ0n) is 7.00. The Morgan fingerprint density at radius 2 is 2.58 bits per heavy atom. The summed E-state index contributed by atoms with van der Waals surface area (Å²) in [6.07, 6.45) is 2.20. The van der Waals surface area contributed by atoms with Gasteiger partial charge >= 0.3 is 0 Å². The Balaban J connectivity index is 2.21. The third-order valence-electron chi connectivity index (χ3n) is 1.36. The van der Waals surface area contributed by atoms with Crippen LogP contribution >= 0.6 is 0 Å². The van der Waals surface area contributed by atoms with E-state index in [1.165, 1.54) is 0 Å². The molecule has 1 rings (SSSR count). The fourth-order valence-electron chi connectivity index (χ4n) is 0.823. The third-order valence-corrected chi connectivity index (χ3v) is 1.36. The van der Waals surface area contributed by atoms with Crippen molar-refractivity contribution < 1.29 is 4.42 Å². The first-order valence-electron chi connectivity index (χ1n) is 3.82. The minimum atomic E-state index is 0.514. The maximum absolute atomic E-state index is 8.24. The van der Waals surface area contributed by atoms with Crippen molar-refractivity contribution in [2.75, 3.05) is 6.54 Å². The summed E-state index contributed by atoms with van der Waals surface area (Å²) in [6.45, 7) is 3.12. The van der Waals surface area contributed by atoms with Crippen LogP contribution in [-0.4, -0.2) is 11.5 Å². The maximum atomic E-state index is 8.24. The first-order chi connectivity index (χ1) is 5.83. The standard InChI is InChI=1S/C8H11N3O/c1-7-5-11-8(12-7)6-10-4-2-3-9/h5,10H,2,4,6H2,1H3. The minimum Gasteiger partial charge on any atom is -0.445 e. The lowest BCUT2D eigenvalue weighted by Crippen LogP contribution is -2.14. The SMILES string of the molecule is Cc1cnc(CNCCC#N)o1. The Bertz CT molecular complexity index is 274. The predicted octanol–water partition coefficient (Wildman–Crippen LogP) is 0.986. The summed E-state index contributed by atoms with van der Waals surface area (Å²) in [5, 5.41) is 11.3. The molecule has 64 valence electrons. The molecular formula is C8H11N3O. The van der Waals surface area contributed by atoms with Crippen LogP contribution in [0.25, 0.3) is 0 Å². The number of nitriles is 1. The Morgan fingerprint density at radius 1 is 1.75 bits per heavy atom. The van der Waals surface area contributed by atoms with E-state index in [0.29, 0.717) is 25.4 Å². The number of nitrogens with zero attached hydrogens (tertiary/aromatic N) is 2. The number of aromatic nitrogens is 1. The number of nitrogens with one attached hydrogen (secondary N) is 1. The van der Waals surface area contributed by atoms with Gasteiger partial charge in [0.1, 0.15) is 5.76 Å². The summed E-state index contributed by atoms with van der Waals surface area (Å²) in [7, 11) is 0. The molecule has 0 unspecified atom stereocenters. The topological polar surface area (TPSA) is 61.9 Å². The molecule has 1 aromatic rings. The van der Waals surface area contributed by atoms with Gasteiger partial charge in [0.2, 0.25) is 5.89 Å². The fraction of sp³-hybridized carbons (Fsp3) is 0.500. The van der Waals surface area contributed by atoms with E-state index in [2.05, 4.69) is 10.3 Å². The normalized spacial score (nSPS) is 9.67. The molecule has 12 heavy (non-hydrogen) atoms. The summed E-state index contributed by atoms with van der Waals surface area (Å²) in [5.41, 5.74) is 0. The molecule has 0 aliphatic rings. The van der Waals surface area contributed by atoms with Crippen LogP contribution < -0.4 is 5.32 Å². The molecule has 0 saturated carbocycles. The number of oxazole rings is 1. The third kappa shape index (κ3) is 2.72. The van der Waals surface area contributed by atoms with Crippen molar-refractivity contribution >= 4 is 0 Å². The smallest absolute Gasteiger partial charge is 0.208 e. The number of hydrogen-bond donors (Lipinski definition) is 1. The van der Waals surface area contributed by atoms with Gasteiger partial charge in [-0.1, -0.05) is 0 Å². The molecule has 0 atom stereocenters. The Morgan fingerprint density at radius 3 is 3.17 bits per heavy atom. The Labute approximate surface area is 71.2 Å². The van der Waals surface area contributed by atoms with E-state index in [0.717, 1.165) is 5.76 Å². The second-order valence-electron chi connectivity index (χ2n) is 2.45. The monoisotopic (exact) mass is 165 g/mol. The van der Waals surface area contributed by atoms with Gasteiger partial charge in [-0.15, -0.1) is 0 Å². The van der Waals surface area contributed by atoms with E-state index in [4.69, 9.17) is 9.68 Å². The second-order valence-corrected chi connectivity index (χ2v) is 2.45. The van der Waals surface area contributed by atoms with Gasteiger partial charge in [-0.25, -0.2) is 4.98 Å². The number of aryl methyl sites for hydroxylation is 1. The highest BCUT2D eigenvalue weighted by atomic mass is 16.4. The van der Waals surface area contributed by atoms with Gasteiger partial charge in [-0.2, -0.15) is 5.26 Å². The quantitative estimate of drug-likeness (QED) is 0.676. The van der Waals surface area contributed by atoms with Gasteiger partial charge in [-0.3, -0.25) is 0 Å². The summed E-state index contributed by atoms with van der Waals surface area (Å²) >= 11 is 0. The van der Waals surface area contributed by atoms with Crippen LogP contribution in [0.1, 0.15) is 18.1 Å². The van der Waals surface area contributed by atoms with Gasteiger partial charge in [0.25, 0.3) is 0 Å². The van der Waals surface area contributed by atoms with Gasteiger partial charge < -0.3 is 9.73 Å². The number of rotatable bonds is 4. The molecule has 0 fully saturated rings. The average Bonchev–Trinajstić information content (AvgIpc) is 2.45. The van der Waals surface area contributed by atoms with Crippen LogP contribution in [0.15, 0.2) is 10.6 Å². The molecule has 1 heterocycles. The van der Waals surface area contributed by atoms with Gasteiger partial charge in [0.15, 0.2) is 0 Å². The zero-order chi connectivity index (χ0) is 8.81. The Hall–Kier alpha value is -1.34. The summed E-state index contributed by atoms with van der Waals surface area (Å²) in [5.74, 6) is 1.48. The van der Waals surface area contributed by atoms with E-state index in [-0.39, 0.29) is 0 Å². The molecule has 4 heteroatoms. The number of hydrogen-bond acceptors (Lipinski definition) is 4. The van der Waals surface area contributed by atoms with Crippen molar-refractivity contribution in [1.82, 2.24) is 10.3 Å². The van der Waals surface area contributed by atoms with Crippen molar-refractivity contribution in [3.8, 4) is 6.07 Å². The highest BCUT2D eigenvalue weighted by molar-refractivity contribution is 4.90. The molecule has 0 amide bonds. The summed E-state index contributed by atoms with van der Waals surface area (Å²) in [6, 6.07) is 2.05. The van der Waals surface area contributed by atoms with E-state index in [1.54, 1.807) is 6.20 Å². The van der Waals surface area contributed by atoms with E-state index in [9.17, 15) is 0 Å². The molecule has 4 nitrogen and oxygen atoms in total. The van der Waals surface area contributed by atoms with Crippen LogP contribution in [0, 0.1) is 18.3 Å². The molecule has 1 aromatic heterocycles. The van der Waals surface area contributed by atoms with Crippen molar-refractivity contribution in [1.29, 1.82) is 5.26 Å². The molecule has 0 spiro atoms. The molecular weight excluding hydrogens is 154 g/mol. The van der Waals surface area contributed by atoms with Gasteiger partial charge in [-0.05, 0) is 6.92 Å². The largest absolute Gasteiger partial charge is 0.445 e. The van der Waals surface area contributed by atoms with Crippen molar-refractivity contribution in [3.63, 3.8) is 0 Å². The lowest BCUT2D eigenvalue weighted by atomic mass is 10.4. The summed E-state index contributed by atoms with van der Waals surface area (Å²) < 4.78 is 5.21. The lowest BCUT2D eigenvalue weighted by Gasteiger charge is -1.95.